The standard InChI is InChI=1S/C25H24N4O4S/c1-32-22-14-17-12-13-29(16-18(17)15-23(22)33-2)25-24(26-20-10-6-7-11-21(20)27-25)28-34(30,31)19-8-4-3-5-9-19/h3-11,14-15H,12-13,16H2,1-2H3,(H,26,28). The molecule has 4 aromatic rings. The number of ether oxygens (including phenoxy) is 2. The molecule has 1 N–H and O–H groups in total. The van der Waals surface area contributed by atoms with E-state index in [1.807, 2.05) is 41.3 Å². The van der Waals surface area contributed by atoms with E-state index < -0.39 is 10.0 Å². The van der Waals surface area contributed by atoms with Crippen molar-refractivity contribution in [3.63, 3.8) is 0 Å². The summed E-state index contributed by atoms with van der Waals surface area (Å²) in [7, 11) is -0.612. The highest BCUT2D eigenvalue weighted by molar-refractivity contribution is 7.92. The highest BCUT2D eigenvalue weighted by Gasteiger charge is 2.26. The van der Waals surface area contributed by atoms with Crippen molar-refractivity contribution in [1.82, 2.24) is 9.97 Å². The van der Waals surface area contributed by atoms with Gasteiger partial charge in [0.25, 0.3) is 10.0 Å². The maximum atomic E-state index is 13.1. The van der Waals surface area contributed by atoms with Gasteiger partial charge in [-0.25, -0.2) is 18.4 Å². The summed E-state index contributed by atoms with van der Waals surface area (Å²) in [6.07, 6.45) is 0.745. The van der Waals surface area contributed by atoms with E-state index in [-0.39, 0.29) is 10.7 Å². The first-order chi connectivity index (χ1) is 16.5. The van der Waals surface area contributed by atoms with Gasteiger partial charge in [-0.1, -0.05) is 30.3 Å². The number of hydrogen-bond acceptors (Lipinski definition) is 7. The van der Waals surface area contributed by atoms with Crippen LogP contribution < -0.4 is 19.1 Å². The van der Waals surface area contributed by atoms with Crippen LogP contribution in [0.5, 0.6) is 11.5 Å². The Labute approximate surface area is 198 Å². The summed E-state index contributed by atoms with van der Waals surface area (Å²) in [4.78, 5) is 11.6. The minimum Gasteiger partial charge on any atom is -0.493 e. The molecule has 0 amide bonds. The van der Waals surface area contributed by atoms with Crippen LogP contribution in [0.15, 0.2) is 71.6 Å². The second-order valence-electron chi connectivity index (χ2n) is 7.95. The summed E-state index contributed by atoms with van der Waals surface area (Å²) in [5, 5.41) is 0. The van der Waals surface area contributed by atoms with Gasteiger partial charge < -0.3 is 14.4 Å². The molecule has 0 saturated carbocycles. The number of methoxy groups -OCH3 is 2. The predicted octanol–water partition coefficient (Wildman–Crippen LogP) is 4.01. The molecule has 1 aliphatic rings. The van der Waals surface area contributed by atoms with Gasteiger partial charge in [0.1, 0.15) is 0 Å². The van der Waals surface area contributed by atoms with Gasteiger partial charge in [-0.2, -0.15) is 0 Å². The summed E-state index contributed by atoms with van der Waals surface area (Å²) >= 11 is 0. The molecule has 0 fully saturated rings. The SMILES string of the molecule is COc1cc2c(cc1OC)CN(c1nc3ccccc3nc1NS(=O)(=O)c1ccccc1)CC2. The number of benzene rings is 3. The molecule has 0 radical (unpaired) electrons. The van der Waals surface area contributed by atoms with E-state index >= 15 is 0 Å². The summed E-state index contributed by atoms with van der Waals surface area (Å²) < 4.78 is 39.8. The number of nitrogens with one attached hydrogen (secondary N) is 1. The van der Waals surface area contributed by atoms with Crippen LogP contribution in [-0.4, -0.2) is 39.2 Å². The Bertz CT molecular complexity index is 1460. The van der Waals surface area contributed by atoms with Crippen molar-refractivity contribution in [1.29, 1.82) is 0 Å². The zero-order valence-corrected chi connectivity index (χ0v) is 19.7. The van der Waals surface area contributed by atoms with Gasteiger partial charge in [0.15, 0.2) is 23.1 Å². The third kappa shape index (κ3) is 4.10. The molecule has 9 heteroatoms. The summed E-state index contributed by atoms with van der Waals surface area (Å²) in [6.45, 7) is 1.18. The van der Waals surface area contributed by atoms with Crippen LogP contribution in [0.2, 0.25) is 0 Å². The molecule has 3 aromatic carbocycles. The Hall–Kier alpha value is -3.85. The normalized spacial score (nSPS) is 13.4. The number of rotatable bonds is 6. The molecule has 0 spiro atoms. The number of sulfonamides is 1. The van der Waals surface area contributed by atoms with Crippen LogP contribution in [0.1, 0.15) is 11.1 Å². The zero-order valence-electron chi connectivity index (χ0n) is 18.9. The molecule has 0 atom stereocenters. The average Bonchev–Trinajstić information content (AvgIpc) is 2.87. The topological polar surface area (TPSA) is 93.7 Å². The van der Waals surface area contributed by atoms with Crippen LogP contribution in [0, 0.1) is 0 Å². The fourth-order valence-electron chi connectivity index (χ4n) is 4.13. The van der Waals surface area contributed by atoms with Crippen LogP contribution in [0.3, 0.4) is 0 Å². The molecule has 1 aromatic heterocycles. The van der Waals surface area contributed by atoms with Gasteiger partial charge >= 0.3 is 0 Å². The van der Waals surface area contributed by atoms with Crippen molar-refractivity contribution in [2.75, 3.05) is 30.4 Å². The minimum atomic E-state index is -3.84. The average molecular weight is 477 g/mol. The molecular weight excluding hydrogens is 452 g/mol. The van der Waals surface area contributed by atoms with Gasteiger partial charge in [0, 0.05) is 13.1 Å². The number of hydrogen-bond donors (Lipinski definition) is 1. The smallest absolute Gasteiger partial charge is 0.263 e. The van der Waals surface area contributed by atoms with E-state index in [1.165, 1.54) is 0 Å². The number of anilines is 2. The third-order valence-corrected chi connectivity index (χ3v) is 7.21. The van der Waals surface area contributed by atoms with E-state index in [4.69, 9.17) is 14.5 Å². The Kier molecular flexibility index (Phi) is 5.70. The monoisotopic (exact) mass is 476 g/mol. The Morgan fingerprint density at radius 2 is 1.47 bits per heavy atom. The predicted molar refractivity (Wildman–Crippen MR) is 131 cm³/mol. The first kappa shape index (κ1) is 22.0. The van der Waals surface area contributed by atoms with E-state index in [9.17, 15) is 8.42 Å². The molecule has 0 saturated heterocycles. The molecule has 0 bridgehead atoms. The zero-order chi connectivity index (χ0) is 23.7. The number of aromatic nitrogens is 2. The lowest BCUT2D eigenvalue weighted by Crippen LogP contribution is -2.32. The molecule has 0 aliphatic carbocycles. The van der Waals surface area contributed by atoms with Crippen molar-refractivity contribution < 1.29 is 17.9 Å². The van der Waals surface area contributed by atoms with Crippen LogP contribution in [0.4, 0.5) is 11.6 Å². The molecule has 5 rings (SSSR count). The van der Waals surface area contributed by atoms with Gasteiger partial charge in [0.05, 0.1) is 30.1 Å². The maximum Gasteiger partial charge on any atom is 0.263 e. The van der Waals surface area contributed by atoms with E-state index in [2.05, 4.69) is 9.71 Å². The van der Waals surface area contributed by atoms with Crippen molar-refractivity contribution in [2.45, 2.75) is 17.9 Å². The third-order valence-electron chi connectivity index (χ3n) is 5.85. The first-order valence-electron chi connectivity index (χ1n) is 10.8. The highest BCUT2D eigenvalue weighted by Crippen LogP contribution is 2.36. The van der Waals surface area contributed by atoms with Crippen molar-refractivity contribution in [3.8, 4) is 11.5 Å². The number of fused-ring (bicyclic) bond motifs is 2. The molecule has 8 nitrogen and oxygen atoms in total. The Morgan fingerprint density at radius 1 is 0.853 bits per heavy atom. The second-order valence-corrected chi connectivity index (χ2v) is 9.63. The largest absolute Gasteiger partial charge is 0.493 e. The Balaban J connectivity index is 1.57. The lowest BCUT2D eigenvalue weighted by Gasteiger charge is -2.31. The number of para-hydroxylation sites is 2. The molecular formula is C25H24N4O4S. The fourth-order valence-corrected chi connectivity index (χ4v) is 5.15. The van der Waals surface area contributed by atoms with Gasteiger partial charge in [-0.3, -0.25) is 4.72 Å². The summed E-state index contributed by atoms with van der Waals surface area (Å²) in [6, 6.07) is 19.6. The quantitative estimate of drug-likeness (QED) is 0.449. The molecule has 174 valence electrons. The van der Waals surface area contributed by atoms with Gasteiger partial charge in [-0.05, 0) is 53.9 Å². The lowest BCUT2D eigenvalue weighted by molar-refractivity contribution is 0.353. The van der Waals surface area contributed by atoms with Crippen molar-refractivity contribution in [2.24, 2.45) is 0 Å². The van der Waals surface area contributed by atoms with E-state index in [1.54, 1.807) is 44.6 Å². The Morgan fingerprint density at radius 3 is 2.15 bits per heavy atom. The van der Waals surface area contributed by atoms with Crippen molar-refractivity contribution >= 4 is 32.7 Å². The minimum absolute atomic E-state index is 0.164. The highest BCUT2D eigenvalue weighted by atomic mass is 32.2. The van der Waals surface area contributed by atoms with Gasteiger partial charge in [-0.15, -0.1) is 0 Å². The molecule has 2 heterocycles. The van der Waals surface area contributed by atoms with E-state index in [0.717, 1.165) is 17.5 Å². The first-order valence-corrected chi connectivity index (χ1v) is 12.3. The number of nitrogens with zero attached hydrogens (tertiary/aromatic N) is 3. The second kappa shape index (κ2) is 8.83. The fraction of sp³-hybridized carbons (Fsp3) is 0.200. The molecule has 34 heavy (non-hydrogen) atoms. The summed E-state index contributed by atoms with van der Waals surface area (Å²) in [5.74, 6) is 2.03. The lowest BCUT2D eigenvalue weighted by atomic mass is 9.99. The van der Waals surface area contributed by atoms with Crippen molar-refractivity contribution in [3.05, 3.63) is 77.9 Å². The molecule has 0 unspecified atom stereocenters. The molecule has 1 aliphatic heterocycles. The maximum absolute atomic E-state index is 13.1. The van der Waals surface area contributed by atoms with Crippen LogP contribution in [0.25, 0.3) is 11.0 Å². The van der Waals surface area contributed by atoms with Gasteiger partial charge in [0.2, 0.25) is 0 Å². The van der Waals surface area contributed by atoms with E-state index in [0.29, 0.717) is 41.4 Å². The van der Waals surface area contributed by atoms with Crippen LogP contribution >= 0.6 is 0 Å². The summed E-state index contributed by atoms with van der Waals surface area (Å²) in [5.41, 5.74) is 3.53. The van der Waals surface area contributed by atoms with Crippen LogP contribution in [-0.2, 0) is 23.0 Å².